The number of hydrogen-bond donors (Lipinski definition) is 1. The number of rotatable bonds is 2. The second-order valence-electron chi connectivity index (χ2n) is 5.90. The van der Waals surface area contributed by atoms with Gasteiger partial charge in [0.15, 0.2) is 0 Å². The van der Waals surface area contributed by atoms with Crippen LogP contribution in [0.2, 0.25) is 0 Å². The van der Waals surface area contributed by atoms with Crippen molar-refractivity contribution in [1.82, 2.24) is 0 Å². The van der Waals surface area contributed by atoms with Crippen LogP contribution in [0.15, 0.2) is 0 Å². The van der Waals surface area contributed by atoms with E-state index in [1.165, 1.54) is 32.1 Å². The Morgan fingerprint density at radius 1 is 1.25 bits per heavy atom. The fraction of sp³-hybridized carbons (Fsp3) is 1.00. The molecule has 1 aliphatic heterocycles. The first-order chi connectivity index (χ1) is 7.72. The molecule has 4 unspecified atom stereocenters. The minimum Gasteiger partial charge on any atom is -0.396 e. The van der Waals surface area contributed by atoms with Gasteiger partial charge < -0.3 is 9.84 Å². The van der Waals surface area contributed by atoms with Crippen molar-refractivity contribution in [1.29, 1.82) is 0 Å². The molecule has 1 saturated heterocycles. The maximum atomic E-state index is 9.36. The summed E-state index contributed by atoms with van der Waals surface area (Å²) in [6.07, 6.45) is 7.03. The lowest BCUT2D eigenvalue weighted by Crippen LogP contribution is -2.35. The third-order valence-corrected chi connectivity index (χ3v) is 4.80. The molecule has 0 aromatic carbocycles. The van der Waals surface area contributed by atoms with E-state index in [0.717, 1.165) is 12.5 Å². The van der Waals surface area contributed by atoms with Crippen LogP contribution < -0.4 is 0 Å². The van der Waals surface area contributed by atoms with Crippen LogP contribution in [0.25, 0.3) is 0 Å². The Morgan fingerprint density at radius 3 is 2.81 bits per heavy atom. The Kier molecular flexibility index (Phi) is 4.26. The van der Waals surface area contributed by atoms with Crippen LogP contribution in [-0.2, 0) is 4.74 Å². The summed E-state index contributed by atoms with van der Waals surface area (Å²) in [7, 11) is 0. The summed E-state index contributed by atoms with van der Waals surface area (Å²) in [6.45, 7) is 5.66. The molecule has 0 aromatic heterocycles. The third kappa shape index (κ3) is 2.60. The molecule has 0 aromatic rings. The first-order valence-electron chi connectivity index (χ1n) is 6.94. The van der Waals surface area contributed by atoms with E-state index in [1.54, 1.807) is 0 Å². The maximum Gasteiger partial charge on any atom is 0.0547 e. The summed E-state index contributed by atoms with van der Waals surface area (Å²) in [6, 6.07) is 0. The second-order valence-corrected chi connectivity index (χ2v) is 5.90. The van der Waals surface area contributed by atoms with Gasteiger partial charge in [0.25, 0.3) is 0 Å². The molecule has 2 rings (SSSR count). The number of hydrogen-bond acceptors (Lipinski definition) is 2. The minimum atomic E-state index is 0.337. The SMILES string of the molecule is CC1CCC2CCCC([C@@H](C)CO)C2CO1. The largest absolute Gasteiger partial charge is 0.396 e. The highest BCUT2D eigenvalue weighted by atomic mass is 16.5. The van der Waals surface area contributed by atoms with E-state index in [9.17, 15) is 5.11 Å². The van der Waals surface area contributed by atoms with Crippen molar-refractivity contribution in [3.05, 3.63) is 0 Å². The summed E-state index contributed by atoms with van der Waals surface area (Å²) in [5, 5.41) is 9.36. The van der Waals surface area contributed by atoms with Gasteiger partial charge in [-0.05, 0) is 49.9 Å². The van der Waals surface area contributed by atoms with Crippen LogP contribution >= 0.6 is 0 Å². The molecule has 1 aliphatic carbocycles. The van der Waals surface area contributed by atoms with Crippen LogP contribution in [0, 0.1) is 23.7 Å². The van der Waals surface area contributed by atoms with Crippen molar-refractivity contribution in [3.8, 4) is 0 Å². The molecule has 0 spiro atoms. The molecule has 2 aliphatic rings. The summed E-state index contributed by atoms with van der Waals surface area (Å²) >= 11 is 0. The van der Waals surface area contributed by atoms with Crippen molar-refractivity contribution in [2.24, 2.45) is 23.7 Å². The lowest BCUT2D eigenvalue weighted by atomic mass is 9.67. The molecular formula is C14H26O2. The van der Waals surface area contributed by atoms with E-state index < -0.39 is 0 Å². The highest BCUT2D eigenvalue weighted by Crippen LogP contribution is 2.43. The molecule has 1 saturated carbocycles. The molecule has 1 N–H and O–H groups in total. The van der Waals surface area contributed by atoms with Gasteiger partial charge >= 0.3 is 0 Å². The van der Waals surface area contributed by atoms with Crippen LogP contribution in [0.3, 0.4) is 0 Å². The fourth-order valence-corrected chi connectivity index (χ4v) is 3.66. The molecule has 5 atom stereocenters. The van der Waals surface area contributed by atoms with Gasteiger partial charge in [-0.25, -0.2) is 0 Å². The highest BCUT2D eigenvalue weighted by Gasteiger charge is 2.37. The maximum absolute atomic E-state index is 9.36. The van der Waals surface area contributed by atoms with Crippen molar-refractivity contribution in [2.45, 2.75) is 52.1 Å². The Labute approximate surface area is 99.4 Å². The summed E-state index contributed by atoms with van der Waals surface area (Å²) < 4.78 is 5.92. The average Bonchev–Trinajstić information content (AvgIpc) is 2.50. The number of aliphatic hydroxyl groups is 1. The first-order valence-corrected chi connectivity index (χ1v) is 6.94. The average molecular weight is 226 g/mol. The zero-order chi connectivity index (χ0) is 11.5. The highest BCUT2D eigenvalue weighted by molar-refractivity contribution is 4.86. The Morgan fingerprint density at radius 2 is 2.06 bits per heavy atom. The van der Waals surface area contributed by atoms with E-state index in [0.29, 0.717) is 30.5 Å². The standard InChI is InChI=1S/C14H26O2/c1-10(8-15)13-5-3-4-12-7-6-11(2)16-9-14(12)13/h10-15H,3-9H2,1-2H3/t10-,11?,12?,13?,14?/m0/s1. The fourth-order valence-electron chi connectivity index (χ4n) is 3.66. The molecule has 16 heavy (non-hydrogen) atoms. The molecule has 0 radical (unpaired) electrons. The molecule has 0 amide bonds. The second kappa shape index (κ2) is 5.50. The molecule has 2 fully saturated rings. The van der Waals surface area contributed by atoms with Gasteiger partial charge in [0.1, 0.15) is 0 Å². The van der Waals surface area contributed by atoms with Crippen molar-refractivity contribution >= 4 is 0 Å². The Balaban J connectivity index is 2.04. The van der Waals surface area contributed by atoms with Gasteiger partial charge in [-0.2, -0.15) is 0 Å². The van der Waals surface area contributed by atoms with E-state index in [4.69, 9.17) is 4.74 Å². The molecular weight excluding hydrogens is 200 g/mol. The normalized spacial score (nSPS) is 42.2. The zero-order valence-corrected chi connectivity index (χ0v) is 10.7. The lowest BCUT2D eigenvalue weighted by Gasteiger charge is -2.39. The minimum absolute atomic E-state index is 0.337. The van der Waals surface area contributed by atoms with Gasteiger partial charge in [0, 0.05) is 6.61 Å². The Hall–Kier alpha value is -0.0800. The summed E-state index contributed by atoms with van der Waals surface area (Å²) in [5.74, 6) is 2.71. The molecule has 94 valence electrons. The van der Waals surface area contributed by atoms with Crippen molar-refractivity contribution in [3.63, 3.8) is 0 Å². The predicted octanol–water partition coefficient (Wildman–Crippen LogP) is 2.85. The number of aliphatic hydroxyl groups excluding tert-OH is 1. The van der Waals surface area contributed by atoms with Gasteiger partial charge in [-0.15, -0.1) is 0 Å². The number of fused-ring (bicyclic) bond motifs is 1. The van der Waals surface area contributed by atoms with Crippen LogP contribution in [0.4, 0.5) is 0 Å². The van der Waals surface area contributed by atoms with Crippen LogP contribution in [-0.4, -0.2) is 24.4 Å². The van der Waals surface area contributed by atoms with E-state index in [1.807, 2.05) is 0 Å². The van der Waals surface area contributed by atoms with E-state index >= 15 is 0 Å². The van der Waals surface area contributed by atoms with Gasteiger partial charge in [-0.3, -0.25) is 0 Å². The van der Waals surface area contributed by atoms with Crippen molar-refractivity contribution < 1.29 is 9.84 Å². The summed E-state index contributed by atoms with van der Waals surface area (Å²) in [5.41, 5.74) is 0. The first kappa shape index (κ1) is 12.4. The quantitative estimate of drug-likeness (QED) is 0.784. The number of ether oxygens (including phenoxy) is 1. The molecule has 2 nitrogen and oxygen atoms in total. The van der Waals surface area contributed by atoms with Crippen LogP contribution in [0.5, 0.6) is 0 Å². The molecule has 1 heterocycles. The smallest absolute Gasteiger partial charge is 0.0547 e. The van der Waals surface area contributed by atoms with Gasteiger partial charge in [-0.1, -0.05) is 19.8 Å². The lowest BCUT2D eigenvalue weighted by molar-refractivity contribution is -0.00215. The van der Waals surface area contributed by atoms with Crippen molar-refractivity contribution in [2.75, 3.05) is 13.2 Å². The Bertz CT molecular complexity index is 217. The predicted molar refractivity (Wildman–Crippen MR) is 65.2 cm³/mol. The molecule has 2 heteroatoms. The molecule has 0 bridgehead atoms. The van der Waals surface area contributed by atoms with Crippen LogP contribution in [0.1, 0.15) is 46.0 Å². The third-order valence-electron chi connectivity index (χ3n) is 4.80. The monoisotopic (exact) mass is 226 g/mol. The van der Waals surface area contributed by atoms with Gasteiger partial charge in [0.05, 0.1) is 12.7 Å². The topological polar surface area (TPSA) is 29.5 Å². The van der Waals surface area contributed by atoms with E-state index in [2.05, 4.69) is 13.8 Å². The van der Waals surface area contributed by atoms with E-state index in [-0.39, 0.29) is 0 Å². The van der Waals surface area contributed by atoms with Gasteiger partial charge in [0.2, 0.25) is 0 Å². The zero-order valence-electron chi connectivity index (χ0n) is 10.7. The summed E-state index contributed by atoms with van der Waals surface area (Å²) in [4.78, 5) is 0.